The number of fused-ring (bicyclic) bond motifs is 5. The summed E-state index contributed by atoms with van der Waals surface area (Å²) in [5.41, 5.74) is 6.41. The van der Waals surface area contributed by atoms with Crippen LogP contribution in [0.5, 0.6) is 5.75 Å². The van der Waals surface area contributed by atoms with Crippen LogP contribution in [0.3, 0.4) is 0 Å². The van der Waals surface area contributed by atoms with Gasteiger partial charge >= 0.3 is 18.0 Å². The van der Waals surface area contributed by atoms with Crippen molar-refractivity contribution in [3.63, 3.8) is 0 Å². The number of nitrogens with two attached hydrogens (primary N) is 1. The second kappa shape index (κ2) is 33.0. The third kappa shape index (κ3) is 18.6. The van der Waals surface area contributed by atoms with Crippen molar-refractivity contribution in [2.45, 2.75) is 141 Å². The highest BCUT2D eigenvalue weighted by atomic mass is 32.2. The van der Waals surface area contributed by atoms with Crippen molar-refractivity contribution in [2.75, 3.05) is 77.0 Å². The topological polar surface area (TPSA) is 461 Å². The van der Waals surface area contributed by atoms with Gasteiger partial charge in [0.1, 0.15) is 55.4 Å². The van der Waals surface area contributed by atoms with Gasteiger partial charge in [0, 0.05) is 42.1 Å². The lowest BCUT2D eigenvalue weighted by atomic mass is 9.86. The molecule has 0 radical (unpaired) electrons. The zero-order valence-corrected chi connectivity index (χ0v) is 53.6. The Labute approximate surface area is 540 Å². The number of nitrogens with one attached hydrogen (secondary N) is 4. The van der Waals surface area contributed by atoms with Crippen LogP contribution in [0.2, 0.25) is 0 Å². The lowest BCUT2D eigenvalue weighted by molar-refractivity contribution is -0.271. The highest BCUT2D eigenvalue weighted by Crippen LogP contribution is 2.41. The molecule has 1 saturated heterocycles. The first-order chi connectivity index (χ1) is 44.5. The Morgan fingerprint density at radius 2 is 1.50 bits per heavy atom. The minimum Gasteiger partial charge on any atom is -0.479 e. The zero-order valence-electron chi connectivity index (χ0n) is 52.8. The first-order valence-corrected chi connectivity index (χ1v) is 32.1. The molecule has 3 aliphatic rings. The van der Waals surface area contributed by atoms with E-state index in [-0.39, 0.29) is 126 Å². The van der Waals surface area contributed by atoms with Crippen molar-refractivity contribution >= 4 is 68.4 Å². The Kier molecular flexibility index (Phi) is 25.9. The van der Waals surface area contributed by atoms with Crippen LogP contribution in [-0.4, -0.2) is 221 Å². The average Bonchev–Trinajstić information content (AvgIpc) is 1.51. The van der Waals surface area contributed by atoms with Gasteiger partial charge in [-0.05, 0) is 74.9 Å². The van der Waals surface area contributed by atoms with Gasteiger partial charge in [0.15, 0.2) is 11.7 Å². The Morgan fingerprint density at radius 3 is 2.14 bits per heavy atom. The number of benzene rings is 2. The van der Waals surface area contributed by atoms with E-state index in [1.54, 1.807) is 40.7 Å². The predicted octanol–water partition coefficient (Wildman–Crippen LogP) is -0.688. The number of carboxylic acid groups (broad SMARTS) is 1. The van der Waals surface area contributed by atoms with Gasteiger partial charge in [-0.2, -0.15) is 8.42 Å². The van der Waals surface area contributed by atoms with E-state index >= 15 is 0 Å². The number of aliphatic carboxylic acids is 1. The van der Waals surface area contributed by atoms with Crippen LogP contribution in [0.4, 0.5) is 10.5 Å². The van der Waals surface area contributed by atoms with Crippen molar-refractivity contribution < 1.29 is 110 Å². The van der Waals surface area contributed by atoms with Crippen LogP contribution >= 0.6 is 0 Å². The van der Waals surface area contributed by atoms with E-state index in [0.717, 1.165) is 10.9 Å². The molecule has 12 N–H and O–H groups in total. The van der Waals surface area contributed by atoms with Crippen LogP contribution in [-0.2, 0) is 104 Å². The molecule has 2 aromatic heterocycles. The largest absolute Gasteiger partial charge is 0.479 e. The molecule has 0 saturated carbocycles. The van der Waals surface area contributed by atoms with E-state index in [0.29, 0.717) is 22.5 Å². The molecule has 5 heterocycles. The fourth-order valence-corrected chi connectivity index (χ4v) is 11.2. The second-order valence-electron chi connectivity index (χ2n) is 23.2. The van der Waals surface area contributed by atoms with E-state index in [1.807, 2.05) is 24.3 Å². The monoisotopic (exact) mass is 1340 g/mol. The Hall–Kier alpha value is -7.80. The van der Waals surface area contributed by atoms with Gasteiger partial charge < -0.3 is 99.9 Å². The lowest BCUT2D eigenvalue weighted by Crippen LogP contribution is -2.61. The number of aliphatic hydroxyl groups is 4. The van der Waals surface area contributed by atoms with Crippen molar-refractivity contribution in [2.24, 2.45) is 11.7 Å². The van der Waals surface area contributed by atoms with E-state index in [4.69, 9.17) is 53.2 Å². The number of hydrogen-bond donors (Lipinski definition) is 11. The fourth-order valence-electron chi connectivity index (χ4n) is 10.5. The first-order valence-electron chi connectivity index (χ1n) is 30.5. The highest BCUT2D eigenvalue weighted by molar-refractivity contribution is 7.85. The number of hydrogen-bond acceptors (Lipinski definition) is 24. The molecule has 516 valence electrons. The molecule has 32 nitrogen and oxygen atoms in total. The molecule has 2 aromatic carbocycles. The molecule has 9 atom stereocenters. The smallest absolute Gasteiger partial charge is 0.410 e. The molecule has 0 unspecified atom stereocenters. The molecule has 0 aliphatic carbocycles. The normalized spacial score (nSPS) is 20.1. The highest BCUT2D eigenvalue weighted by Gasteiger charge is 2.49. The molecule has 3 aliphatic heterocycles. The van der Waals surface area contributed by atoms with E-state index in [2.05, 4.69) is 21.3 Å². The summed E-state index contributed by atoms with van der Waals surface area (Å²) in [7, 11) is -4.40. The molecule has 4 aromatic rings. The van der Waals surface area contributed by atoms with Crippen LogP contribution in [0.15, 0.2) is 53.3 Å². The third-order valence-electron chi connectivity index (χ3n) is 15.8. The number of rotatable bonds is 34. The summed E-state index contributed by atoms with van der Waals surface area (Å²) in [6.07, 6.45) is -10.8. The number of aliphatic hydroxyl groups excluding tert-OH is 3. The molecule has 33 heteroatoms. The maximum Gasteiger partial charge on any atom is 0.410 e. The number of aromatic nitrogens is 2. The number of carbonyl (C=O) groups is 7. The van der Waals surface area contributed by atoms with Gasteiger partial charge in [0.2, 0.25) is 29.9 Å². The molecular weight excluding hydrogens is 1260 g/mol. The van der Waals surface area contributed by atoms with Gasteiger partial charge in [0.05, 0.1) is 93.3 Å². The third-order valence-corrected chi connectivity index (χ3v) is 16.6. The van der Waals surface area contributed by atoms with E-state index in [9.17, 15) is 72.3 Å². The quantitative estimate of drug-likeness (QED) is 0.0138. The summed E-state index contributed by atoms with van der Waals surface area (Å²) >= 11 is 0. The molecular formula is C61H82N8O24S. The number of para-hydroxylation sites is 1. The van der Waals surface area contributed by atoms with E-state index < -0.39 is 136 Å². The Morgan fingerprint density at radius 1 is 0.840 bits per heavy atom. The van der Waals surface area contributed by atoms with Crippen molar-refractivity contribution in [3.05, 3.63) is 86.7 Å². The summed E-state index contributed by atoms with van der Waals surface area (Å²) in [6.45, 7) is 10.7. The van der Waals surface area contributed by atoms with Crippen molar-refractivity contribution in [1.82, 2.24) is 30.4 Å². The zero-order chi connectivity index (χ0) is 68.8. The minimum atomic E-state index is -4.40. The predicted molar refractivity (Wildman–Crippen MR) is 330 cm³/mol. The summed E-state index contributed by atoms with van der Waals surface area (Å²) in [6, 6.07) is 8.83. The van der Waals surface area contributed by atoms with Crippen LogP contribution < -0.4 is 37.3 Å². The van der Waals surface area contributed by atoms with Crippen molar-refractivity contribution in [1.29, 1.82) is 0 Å². The van der Waals surface area contributed by atoms with Crippen LogP contribution in [0.1, 0.15) is 82.2 Å². The Bertz CT molecular complexity index is 3570. The first kappa shape index (κ1) is 73.6. The lowest BCUT2D eigenvalue weighted by Gasteiger charge is -2.38. The number of cyclic esters (lactones) is 1. The maximum atomic E-state index is 14.1. The average molecular weight is 1340 g/mol. The van der Waals surface area contributed by atoms with Gasteiger partial charge in [-0.15, -0.1) is 0 Å². The molecule has 0 spiro atoms. The van der Waals surface area contributed by atoms with Crippen LogP contribution in [0.25, 0.3) is 22.3 Å². The fraction of sp³-hybridized carbons (Fsp3) is 0.557. The van der Waals surface area contributed by atoms with Gasteiger partial charge in [-0.1, -0.05) is 45.0 Å². The summed E-state index contributed by atoms with van der Waals surface area (Å²) in [4.78, 5) is 112. The number of anilines is 1. The van der Waals surface area contributed by atoms with Gasteiger partial charge in [0.25, 0.3) is 15.7 Å². The molecule has 94 heavy (non-hydrogen) atoms. The minimum absolute atomic E-state index is 0.0174. The maximum absolute atomic E-state index is 14.1. The summed E-state index contributed by atoms with van der Waals surface area (Å²) < 4.78 is 76.1. The van der Waals surface area contributed by atoms with Crippen molar-refractivity contribution in [3.8, 4) is 17.1 Å². The van der Waals surface area contributed by atoms with Gasteiger partial charge in [-0.25, -0.2) is 19.4 Å². The summed E-state index contributed by atoms with van der Waals surface area (Å²) in [5.74, 6) is -7.02. The number of amides is 5. The summed E-state index contributed by atoms with van der Waals surface area (Å²) in [5, 5.41) is 64.1. The number of ether oxygens (including phenoxy) is 8. The SMILES string of the molecule is CC[C@@]1(O)C(=O)OCc2c1cc1n(c2=O)Cc2c-1nc1ccccc1c2CCN(C(=O)OCc1ccc(NC(=O)[C@H](C)NC(=O)[C@@H](NC(=O)CCOCCOCCOCCOCCNC(=O)[C@@H](N)CS(=O)(=O)O)C(C)C)c(O[C@@H]2O[C@H](C(=O)O)[C@@H](O)[C@H](O)[C@H]2O)c1)C(C)C. The molecule has 7 rings (SSSR count). The number of carboxylic acids is 1. The number of pyridine rings is 2. The number of nitrogens with zero attached hydrogens (tertiary/aromatic N) is 3. The Balaban J connectivity index is 0.926. The molecule has 1 fully saturated rings. The standard InChI is InChI=1S/C61H82N8O24S/c1-7-61(82)40-27-44-48-38(28-69(44)56(77)39(40)30-90-59(61)80)36(37-10-8-9-11-42(37)65-48)14-17-68(33(4)5)60(81)91-29-35-12-13-43(45(26-35)92-58-51(73)49(71)50(72)52(93-58)57(78)79)66-53(74)34(6)64-55(76)47(32(2)3)67-46(70)15-18-86-20-22-88-24-25-89-23-21-87-19-16-63-54(75)41(62)31-94(83,84)85/h8-13,26-27,32-34,41,47,49-52,58,71-73,82H,7,14-25,28-31,62H2,1-6H3,(H,63,75)(H,64,76)(H,66,74)(H,67,70)(H,78,79)(H,83,84,85)/t34-,41-,47-,49-,50-,51+,52-,58+,61-/m0/s1. The van der Waals surface area contributed by atoms with Crippen LogP contribution in [0, 0.1) is 5.92 Å². The van der Waals surface area contributed by atoms with Gasteiger partial charge in [-0.3, -0.25) is 28.5 Å². The number of carbonyl (C=O) groups excluding carboxylic acids is 6. The van der Waals surface area contributed by atoms with E-state index in [1.165, 1.54) is 34.6 Å². The number of esters is 1. The molecule has 5 amide bonds. The molecule has 0 bridgehead atoms. The second-order valence-corrected chi connectivity index (χ2v) is 24.7.